The standard InChI is InChI=1S/C21H40O4/c1-4-5-6-7-8-9-10-11-12-13-14-16-24-20(22)18-21(23)25-17-15-19(2)3/h19H,4-18H2,1-3H3. The number of hydrogen-bond donors (Lipinski definition) is 0. The summed E-state index contributed by atoms with van der Waals surface area (Å²) in [6, 6.07) is 0. The Morgan fingerprint density at radius 1 is 0.680 bits per heavy atom. The van der Waals surface area contributed by atoms with Gasteiger partial charge in [0.2, 0.25) is 0 Å². The molecule has 0 atom stereocenters. The highest BCUT2D eigenvalue weighted by atomic mass is 16.6. The molecule has 25 heavy (non-hydrogen) atoms. The topological polar surface area (TPSA) is 52.6 Å². The molecule has 0 aromatic rings. The molecule has 4 nitrogen and oxygen atoms in total. The molecule has 0 aliphatic rings. The van der Waals surface area contributed by atoms with Crippen molar-refractivity contribution in [1.82, 2.24) is 0 Å². The summed E-state index contributed by atoms with van der Waals surface area (Å²) in [5.74, 6) is -0.466. The molecule has 0 unspecified atom stereocenters. The van der Waals surface area contributed by atoms with E-state index >= 15 is 0 Å². The Balaban J connectivity index is 3.30. The number of hydrogen-bond acceptors (Lipinski definition) is 4. The number of unbranched alkanes of at least 4 members (excludes halogenated alkanes) is 10. The highest BCUT2D eigenvalue weighted by molar-refractivity contribution is 5.91. The lowest BCUT2D eigenvalue weighted by Crippen LogP contribution is -2.15. The van der Waals surface area contributed by atoms with E-state index in [-0.39, 0.29) is 6.42 Å². The van der Waals surface area contributed by atoms with Crippen molar-refractivity contribution in [1.29, 1.82) is 0 Å². The quantitative estimate of drug-likeness (QED) is 0.187. The minimum atomic E-state index is -0.482. The molecule has 0 aromatic heterocycles. The summed E-state index contributed by atoms with van der Waals surface area (Å²) < 4.78 is 10.1. The minimum absolute atomic E-state index is 0.268. The van der Waals surface area contributed by atoms with Crippen molar-refractivity contribution >= 4 is 11.9 Å². The van der Waals surface area contributed by atoms with Crippen LogP contribution in [0.4, 0.5) is 0 Å². The van der Waals surface area contributed by atoms with Crippen LogP contribution in [0.15, 0.2) is 0 Å². The summed E-state index contributed by atoms with van der Waals surface area (Å²) >= 11 is 0. The molecule has 0 radical (unpaired) electrons. The first-order valence-corrected chi connectivity index (χ1v) is 10.4. The lowest BCUT2D eigenvalue weighted by molar-refractivity contribution is -0.154. The van der Waals surface area contributed by atoms with Gasteiger partial charge in [-0.05, 0) is 18.8 Å². The first-order valence-electron chi connectivity index (χ1n) is 10.4. The maximum Gasteiger partial charge on any atom is 0.317 e. The van der Waals surface area contributed by atoms with Gasteiger partial charge in [0.05, 0.1) is 13.2 Å². The fraction of sp³-hybridized carbons (Fsp3) is 0.905. The molecule has 0 saturated heterocycles. The fourth-order valence-electron chi connectivity index (χ4n) is 2.58. The van der Waals surface area contributed by atoms with Crippen LogP contribution < -0.4 is 0 Å². The average molecular weight is 357 g/mol. The van der Waals surface area contributed by atoms with Crippen molar-refractivity contribution in [3.63, 3.8) is 0 Å². The third kappa shape index (κ3) is 19.1. The predicted molar refractivity (Wildman–Crippen MR) is 102 cm³/mol. The van der Waals surface area contributed by atoms with Crippen molar-refractivity contribution < 1.29 is 19.1 Å². The van der Waals surface area contributed by atoms with Crippen LogP contribution in [0.5, 0.6) is 0 Å². The van der Waals surface area contributed by atoms with Gasteiger partial charge in [0.1, 0.15) is 6.42 Å². The summed E-state index contributed by atoms with van der Waals surface area (Å²) in [4.78, 5) is 22.9. The van der Waals surface area contributed by atoms with Crippen LogP contribution in [-0.4, -0.2) is 25.2 Å². The van der Waals surface area contributed by atoms with Gasteiger partial charge in [0.15, 0.2) is 0 Å². The highest BCUT2D eigenvalue weighted by Gasteiger charge is 2.11. The SMILES string of the molecule is CCCCCCCCCCCCCOC(=O)CC(=O)OCCC(C)C. The molecule has 0 fully saturated rings. The zero-order valence-electron chi connectivity index (χ0n) is 16.8. The molecule has 0 aliphatic heterocycles. The average Bonchev–Trinajstić information content (AvgIpc) is 2.55. The maximum atomic E-state index is 11.5. The third-order valence-corrected chi connectivity index (χ3v) is 4.26. The lowest BCUT2D eigenvalue weighted by atomic mass is 10.1. The number of rotatable bonds is 17. The van der Waals surface area contributed by atoms with Gasteiger partial charge in [-0.2, -0.15) is 0 Å². The summed E-state index contributed by atoms with van der Waals surface area (Å²) in [6.45, 7) is 7.17. The van der Waals surface area contributed by atoms with E-state index in [1.54, 1.807) is 0 Å². The van der Waals surface area contributed by atoms with Crippen molar-refractivity contribution in [3.05, 3.63) is 0 Å². The summed E-state index contributed by atoms with van der Waals surface area (Å²) in [7, 11) is 0. The molecular formula is C21H40O4. The Bertz CT molecular complexity index is 326. The Kier molecular flexibility index (Phi) is 17.0. The zero-order chi connectivity index (χ0) is 18.8. The smallest absolute Gasteiger partial charge is 0.317 e. The van der Waals surface area contributed by atoms with Gasteiger partial charge in [-0.25, -0.2) is 0 Å². The van der Waals surface area contributed by atoms with Crippen LogP contribution in [-0.2, 0) is 19.1 Å². The van der Waals surface area contributed by atoms with Crippen molar-refractivity contribution in [2.45, 2.75) is 104 Å². The van der Waals surface area contributed by atoms with E-state index in [9.17, 15) is 9.59 Å². The van der Waals surface area contributed by atoms with E-state index in [0.717, 1.165) is 19.3 Å². The summed E-state index contributed by atoms with van der Waals surface area (Å²) in [5.41, 5.74) is 0. The molecule has 0 heterocycles. The van der Waals surface area contributed by atoms with Gasteiger partial charge in [-0.15, -0.1) is 0 Å². The zero-order valence-corrected chi connectivity index (χ0v) is 16.8. The lowest BCUT2D eigenvalue weighted by Gasteiger charge is -2.07. The first kappa shape index (κ1) is 23.9. The van der Waals surface area contributed by atoms with Gasteiger partial charge < -0.3 is 9.47 Å². The number of esters is 2. The van der Waals surface area contributed by atoms with Gasteiger partial charge >= 0.3 is 11.9 Å². The van der Waals surface area contributed by atoms with Crippen LogP contribution in [0, 0.1) is 5.92 Å². The van der Waals surface area contributed by atoms with E-state index in [0.29, 0.717) is 19.1 Å². The van der Waals surface area contributed by atoms with E-state index in [1.165, 1.54) is 57.8 Å². The van der Waals surface area contributed by atoms with E-state index < -0.39 is 11.9 Å². The molecule has 0 N–H and O–H groups in total. The second-order valence-electron chi connectivity index (χ2n) is 7.34. The molecule has 4 heteroatoms. The number of ether oxygens (including phenoxy) is 2. The first-order chi connectivity index (χ1) is 12.1. The maximum absolute atomic E-state index is 11.5. The van der Waals surface area contributed by atoms with Crippen LogP contribution >= 0.6 is 0 Å². The highest BCUT2D eigenvalue weighted by Crippen LogP contribution is 2.11. The Labute approximate surface area is 155 Å². The molecule has 0 amide bonds. The molecule has 148 valence electrons. The van der Waals surface area contributed by atoms with E-state index in [4.69, 9.17) is 9.47 Å². The second kappa shape index (κ2) is 17.8. The van der Waals surface area contributed by atoms with Crippen molar-refractivity contribution in [3.8, 4) is 0 Å². The van der Waals surface area contributed by atoms with Gasteiger partial charge in [0, 0.05) is 0 Å². The largest absolute Gasteiger partial charge is 0.465 e. The molecule has 0 bridgehead atoms. The third-order valence-electron chi connectivity index (χ3n) is 4.26. The molecule has 0 saturated carbocycles. The monoisotopic (exact) mass is 356 g/mol. The fourth-order valence-corrected chi connectivity index (χ4v) is 2.58. The van der Waals surface area contributed by atoms with Gasteiger partial charge in [-0.3, -0.25) is 9.59 Å². The second-order valence-corrected chi connectivity index (χ2v) is 7.34. The van der Waals surface area contributed by atoms with Crippen molar-refractivity contribution in [2.24, 2.45) is 5.92 Å². The Morgan fingerprint density at radius 3 is 1.60 bits per heavy atom. The van der Waals surface area contributed by atoms with Crippen molar-refractivity contribution in [2.75, 3.05) is 13.2 Å². The molecule has 0 spiro atoms. The van der Waals surface area contributed by atoms with Crippen LogP contribution in [0.2, 0.25) is 0 Å². The van der Waals surface area contributed by atoms with E-state index in [2.05, 4.69) is 20.8 Å². The normalized spacial score (nSPS) is 10.9. The van der Waals surface area contributed by atoms with Gasteiger partial charge in [-0.1, -0.05) is 85.0 Å². The summed E-state index contributed by atoms with van der Waals surface area (Å²) in [6.07, 6.45) is 14.4. The molecule has 0 aromatic carbocycles. The van der Waals surface area contributed by atoms with Gasteiger partial charge in [0.25, 0.3) is 0 Å². The Morgan fingerprint density at radius 2 is 1.12 bits per heavy atom. The molecule has 0 aliphatic carbocycles. The van der Waals surface area contributed by atoms with Crippen LogP contribution in [0.25, 0.3) is 0 Å². The molecule has 0 rings (SSSR count). The number of carbonyl (C=O) groups is 2. The molecular weight excluding hydrogens is 316 g/mol. The Hall–Kier alpha value is -1.06. The summed E-state index contributed by atoms with van der Waals surface area (Å²) in [5, 5.41) is 0. The number of carbonyl (C=O) groups excluding carboxylic acids is 2. The van der Waals surface area contributed by atoms with E-state index in [1.807, 2.05) is 0 Å². The predicted octanol–water partition coefficient (Wildman–Crippen LogP) is 5.82. The minimum Gasteiger partial charge on any atom is -0.465 e. The van der Waals surface area contributed by atoms with Crippen LogP contribution in [0.3, 0.4) is 0 Å². The van der Waals surface area contributed by atoms with Crippen LogP contribution in [0.1, 0.15) is 104 Å².